The normalized spacial score (nSPS) is 19.2. The van der Waals surface area contributed by atoms with Crippen molar-refractivity contribution in [2.45, 2.75) is 13.5 Å². The van der Waals surface area contributed by atoms with Crippen molar-refractivity contribution in [3.8, 4) is 0 Å². The highest BCUT2D eigenvalue weighted by molar-refractivity contribution is 7.11. The van der Waals surface area contributed by atoms with Crippen molar-refractivity contribution in [2.24, 2.45) is 0 Å². The van der Waals surface area contributed by atoms with E-state index in [0.29, 0.717) is 0 Å². The highest BCUT2D eigenvalue weighted by atomic mass is 32.1. The molecule has 0 atom stereocenters. The number of aryl methyl sites for hydroxylation is 1. The molecular weight excluding hydrogens is 182 g/mol. The molecule has 0 radical (unpaired) electrons. The topological polar surface area (TPSA) is 28.2 Å². The fourth-order valence-electron chi connectivity index (χ4n) is 1.54. The van der Waals surface area contributed by atoms with E-state index in [2.05, 4.69) is 22.1 Å². The van der Waals surface area contributed by atoms with Gasteiger partial charge in [0.1, 0.15) is 5.01 Å². The van der Waals surface area contributed by atoms with Gasteiger partial charge in [0.2, 0.25) is 0 Å². The van der Waals surface area contributed by atoms with Gasteiger partial charge in [-0.05, 0) is 6.92 Å². The summed E-state index contributed by atoms with van der Waals surface area (Å²) in [5, 5.41) is 4.60. The Morgan fingerprint density at radius 1 is 1.54 bits per heavy atom. The standard InChI is InChI=1S/C9H15N3S/c1-8-6-11-9(13-8)7-12-4-2-10-3-5-12/h6,10H,2-5,7H2,1H3. The summed E-state index contributed by atoms with van der Waals surface area (Å²) >= 11 is 1.81. The largest absolute Gasteiger partial charge is 0.314 e. The molecular formula is C9H15N3S. The number of nitrogens with zero attached hydrogens (tertiary/aromatic N) is 2. The minimum Gasteiger partial charge on any atom is -0.314 e. The van der Waals surface area contributed by atoms with Crippen LogP contribution in [-0.4, -0.2) is 36.1 Å². The second kappa shape index (κ2) is 4.17. The van der Waals surface area contributed by atoms with Gasteiger partial charge >= 0.3 is 0 Å². The maximum Gasteiger partial charge on any atom is 0.107 e. The van der Waals surface area contributed by atoms with Crippen molar-refractivity contribution in [1.82, 2.24) is 15.2 Å². The summed E-state index contributed by atoms with van der Waals surface area (Å²) in [5.74, 6) is 0. The van der Waals surface area contributed by atoms with E-state index in [0.717, 1.165) is 32.7 Å². The average molecular weight is 197 g/mol. The summed E-state index contributed by atoms with van der Waals surface area (Å²) in [6.45, 7) is 7.67. The first-order valence-electron chi connectivity index (χ1n) is 4.69. The Morgan fingerprint density at radius 3 is 2.92 bits per heavy atom. The van der Waals surface area contributed by atoms with E-state index in [1.54, 1.807) is 0 Å². The lowest BCUT2D eigenvalue weighted by atomic mass is 10.3. The number of hydrogen-bond acceptors (Lipinski definition) is 4. The lowest BCUT2D eigenvalue weighted by Crippen LogP contribution is -2.42. The van der Waals surface area contributed by atoms with E-state index in [9.17, 15) is 0 Å². The smallest absolute Gasteiger partial charge is 0.107 e. The molecule has 0 aliphatic carbocycles. The van der Waals surface area contributed by atoms with Gasteiger partial charge in [-0.2, -0.15) is 0 Å². The second-order valence-electron chi connectivity index (χ2n) is 3.39. The molecule has 72 valence electrons. The summed E-state index contributed by atoms with van der Waals surface area (Å²) in [6, 6.07) is 0. The molecule has 1 saturated heterocycles. The lowest BCUT2D eigenvalue weighted by molar-refractivity contribution is 0.233. The Hall–Kier alpha value is -0.450. The first kappa shape index (κ1) is 9.12. The molecule has 3 nitrogen and oxygen atoms in total. The van der Waals surface area contributed by atoms with Gasteiger partial charge in [-0.15, -0.1) is 11.3 Å². The molecule has 0 saturated carbocycles. The number of rotatable bonds is 2. The van der Waals surface area contributed by atoms with Gasteiger partial charge in [0.05, 0.1) is 6.54 Å². The summed E-state index contributed by atoms with van der Waals surface area (Å²) in [7, 11) is 0. The first-order valence-corrected chi connectivity index (χ1v) is 5.50. The molecule has 0 spiro atoms. The third kappa shape index (κ3) is 2.49. The van der Waals surface area contributed by atoms with Crippen LogP contribution in [0.15, 0.2) is 6.20 Å². The first-order chi connectivity index (χ1) is 6.34. The molecule has 0 unspecified atom stereocenters. The Balaban J connectivity index is 1.89. The van der Waals surface area contributed by atoms with Crippen molar-refractivity contribution < 1.29 is 0 Å². The van der Waals surface area contributed by atoms with Gasteiger partial charge in [0, 0.05) is 37.3 Å². The van der Waals surface area contributed by atoms with Crippen LogP contribution in [0.25, 0.3) is 0 Å². The lowest BCUT2D eigenvalue weighted by Gasteiger charge is -2.26. The van der Waals surface area contributed by atoms with E-state index in [1.807, 2.05) is 17.5 Å². The van der Waals surface area contributed by atoms with Crippen LogP contribution in [0.1, 0.15) is 9.88 Å². The number of piperazine rings is 1. The van der Waals surface area contributed by atoms with Crippen molar-refractivity contribution >= 4 is 11.3 Å². The van der Waals surface area contributed by atoms with Crippen LogP contribution in [0.5, 0.6) is 0 Å². The van der Waals surface area contributed by atoms with E-state index < -0.39 is 0 Å². The average Bonchev–Trinajstić information content (AvgIpc) is 2.53. The highest BCUT2D eigenvalue weighted by Crippen LogP contribution is 2.13. The van der Waals surface area contributed by atoms with Gasteiger partial charge in [-0.3, -0.25) is 4.90 Å². The number of nitrogens with one attached hydrogen (secondary N) is 1. The fourth-order valence-corrected chi connectivity index (χ4v) is 2.36. The number of hydrogen-bond donors (Lipinski definition) is 1. The van der Waals surface area contributed by atoms with Crippen LogP contribution in [0.4, 0.5) is 0 Å². The van der Waals surface area contributed by atoms with Crippen LogP contribution < -0.4 is 5.32 Å². The van der Waals surface area contributed by atoms with Gasteiger partial charge in [0.25, 0.3) is 0 Å². The molecule has 1 aliphatic heterocycles. The van der Waals surface area contributed by atoms with Gasteiger partial charge in [0.15, 0.2) is 0 Å². The second-order valence-corrected chi connectivity index (χ2v) is 4.71. The van der Waals surface area contributed by atoms with Crippen LogP contribution in [0.3, 0.4) is 0 Å². The highest BCUT2D eigenvalue weighted by Gasteiger charge is 2.11. The van der Waals surface area contributed by atoms with Crippen LogP contribution in [-0.2, 0) is 6.54 Å². The fraction of sp³-hybridized carbons (Fsp3) is 0.667. The van der Waals surface area contributed by atoms with E-state index in [1.165, 1.54) is 9.88 Å². The molecule has 1 aliphatic rings. The maximum atomic E-state index is 4.37. The van der Waals surface area contributed by atoms with Crippen molar-refractivity contribution in [1.29, 1.82) is 0 Å². The monoisotopic (exact) mass is 197 g/mol. The molecule has 13 heavy (non-hydrogen) atoms. The minimum absolute atomic E-state index is 1.03. The molecule has 2 rings (SSSR count). The Labute approximate surface area is 82.8 Å². The molecule has 2 heterocycles. The van der Waals surface area contributed by atoms with Gasteiger partial charge < -0.3 is 5.32 Å². The van der Waals surface area contributed by atoms with Crippen LogP contribution in [0, 0.1) is 6.92 Å². The minimum atomic E-state index is 1.03. The zero-order valence-electron chi connectivity index (χ0n) is 7.92. The molecule has 0 bridgehead atoms. The summed E-state index contributed by atoms with van der Waals surface area (Å²) in [6.07, 6.45) is 1.96. The van der Waals surface area contributed by atoms with Crippen LogP contribution >= 0.6 is 11.3 Å². The van der Waals surface area contributed by atoms with Gasteiger partial charge in [-0.25, -0.2) is 4.98 Å². The van der Waals surface area contributed by atoms with Crippen molar-refractivity contribution in [3.05, 3.63) is 16.1 Å². The maximum absolute atomic E-state index is 4.37. The van der Waals surface area contributed by atoms with E-state index >= 15 is 0 Å². The summed E-state index contributed by atoms with van der Waals surface area (Å²) < 4.78 is 0. The third-order valence-corrected chi connectivity index (χ3v) is 3.14. The van der Waals surface area contributed by atoms with E-state index in [-0.39, 0.29) is 0 Å². The molecule has 1 aromatic rings. The zero-order chi connectivity index (χ0) is 9.10. The quantitative estimate of drug-likeness (QED) is 0.762. The van der Waals surface area contributed by atoms with E-state index in [4.69, 9.17) is 0 Å². The predicted molar refractivity (Wildman–Crippen MR) is 55.0 cm³/mol. The van der Waals surface area contributed by atoms with Crippen LogP contribution in [0.2, 0.25) is 0 Å². The summed E-state index contributed by atoms with van der Waals surface area (Å²) in [4.78, 5) is 8.13. The molecule has 1 aromatic heterocycles. The molecule has 1 fully saturated rings. The van der Waals surface area contributed by atoms with Crippen molar-refractivity contribution in [3.63, 3.8) is 0 Å². The zero-order valence-corrected chi connectivity index (χ0v) is 8.73. The number of thiazole rings is 1. The molecule has 1 N–H and O–H groups in total. The number of aromatic nitrogens is 1. The molecule has 0 amide bonds. The Bertz CT molecular complexity index is 266. The predicted octanol–water partition coefficient (Wildman–Crippen LogP) is 0.857. The Morgan fingerprint density at radius 2 is 2.31 bits per heavy atom. The third-order valence-electron chi connectivity index (χ3n) is 2.24. The van der Waals surface area contributed by atoms with Gasteiger partial charge in [-0.1, -0.05) is 0 Å². The SMILES string of the molecule is Cc1cnc(CN2CCNCC2)s1. The van der Waals surface area contributed by atoms with Crippen molar-refractivity contribution in [2.75, 3.05) is 26.2 Å². The summed E-state index contributed by atoms with van der Waals surface area (Å²) in [5.41, 5.74) is 0. The Kier molecular flexibility index (Phi) is 2.93. The molecule has 4 heteroatoms. The molecule has 0 aromatic carbocycles.